The van der Waals surface area contributed by atoms with Crippen LogP contribution in [0.1, 0.15) is 34.1 Å². The first-order valence-corrected chi connectivity index (χ1v) is 5.11. The molecule has 0 aliphatic carbocycles. The molecule has 1 amide bonds. The normalized spacial score (nSPS) is 12.1. The lowest BCUT2D eigenvalue weighted by Crippen LogP contribution is -2.20. The van der Waals surface area contributed by atoms with Crippen molar-refractivity contribution in [3.63, 3.8) is 0 Å². The Bertz CT molecular complexity index is 401. The molecule has 0 heterocycles. The smallest absolute Gasteiger partial charge is 0.249 e. The van der Waals surface area contributed by atoms with Crippen molar-refractivity contribution in [1.82, 2.24) is 0 Å². The summed E-state index contributed by atoms with van der Waals surface area (Å²) in [7, 11) is 0. The van der Waals surface area contributed by atoms with Gasteiger partial charge in [-0.05, 0) is 12.5 Å². The Labute approximate surface area is 94.1 Å². The molecule has 3 N–H and O–H groups in total. The number of amides is 1. The summed E-state index contributed by atoms with van der Waals surface area (Å²) in [5, 5.41) is 8.77. The molecule has 16 heavy (non-hydrogen) atoms. The van der Waals surface area contributed by atoms with Crippen LogP contribution in [0.5, 0.6) is 0 Å². The second-order valence-corrected chi connectivity index (χ2v) is 3.69. The third-order valence-corrected chi connectivity index (χ3v) is 2.47. The molecule has 1 aromatic rings. The van der Waals surface area contributed by atoms with Crippen LogP contribution < -0.4 is 5.73 Å². The van der Waals surface area contributed by atoms with Crippen molar-refractivity contribution in [2.24, 2.45) is 11.7 Å². The summed E-state index contributed by atoms with van der Waals surface area (Å²) in [6.07, 6.45) is 0.381. The number of aliphatic hydroxyl groups is 1. The number of hydrogen-bond donors (Lipinski definition) is 2. The van der Waals surface area contributed by atoms with E-state index in [0.29, 0.717) is 12.0 Å². The Balaban J connectivity index is 3.03. The number of primary amides is 1. The fraction of sp³-hybridized carbons (Fsp3) is 0.333. The first-order chi connectivity index (χ1) is 7.57. The zero-order valence-corrected chi connectivity index (χ0v) is 9.14. The van der Waals surface area contributed by atoms with Crippen LogP contribution in [0.25, 0.3) is 0 Å². The average Bonchev–Trinajstić information content (AvgIpc) is 2.28. The van der Waals surface area contributed by atoms with Gasteiger partial charge in [0.1, 0.15) is 0 Å². The number of carbonyl (C=O) groups excluding carboxylic acids is 2. The molecular weight excluding hydrogens is 206 g/mol. The topological polar surface area (TPSA) is 80.4 Å². The molecule has 86 valence electrons. The van der Waals surface area contributed by atoms with Gasteiger partial charge in [-0.25, -0.2) is 0 Å². The van der Waals surface area contributed by atoms with Gasteiger partial charge in [0.05, 0.1) is 0 Å². The van der Waals surface area contributed by atoms with E-state index >= 15 is 0 Å². The molecule has 1 rings (SSSR count). The molecule has 0 aliphatic heterocycles. The second-order valence-electron chi connectivity index (χ2n) is 3.69. The van der Waals surface area contributed by atoms with E-state index in [9.17, 15) is 9.59 Å². The van der Waals surface area contributed by atoms with Crippen molar-refractivity contribution in [3.8, 4) is 0 Å². The van der Waals surface area contributed by atoms with E-state index in [1.54, 1.807) is 25.1 Å². The lowest BCUT2D eigenvalue weighted by molar-refractivity contribution is 0.0897. The Kier molecular flexibility index (Phi) is 4.19. The van der Waals surface area contributed by atoms with Crippen LogP contribution >= 0.6 is 0 Å². The minimum absolute atomic E-state index is 0.0500. The largest absolute Gasteiger partial charge is 0.396 e. The Morgan fingerprint density at radius 3 is 2.38 bits per heavy atom. The van der Waals surface area contributed by atoms with Gasteiger partial charge in [-0.15, -0.1) is 0 Å². The molecule has 0 radical (unpaired) electrons. The van der Waals surface area contributed by atoms with Gasteiger partial charge in [0, 0.05) is 23.7 Å². The van der Waals surface area contributed by atoms with Crippen LogP contribution in [0.15, 0.2) is 24.3 Å². The summed E-state index contributed by atoms with van der Waals surface area (Å²) in [5.41, 5.74) is 5.75. The van der Waals surface area contributed by atoms with Gasteiger partial charge in [-0.3, -0.25) is 9.59 Å². The number of Topliss-reactive ketones (excluding diaryl/α,β-unsaturated/α-hetero) is 1. The average molecular weight is 221 g/mol. The molecule has 1 atom stereocenters. The quantitative estimate of drug-likeness (QED) is 0.727. The Hall–Kier alpha value is -1.68. The monoisotopic (exact) mass is 221 g/mol. The number of hydrogen-bond acceptors (Lipinski definition) is 3. The molecule has 0 bridgehead atoms. The highest BCUT2D eigenvalue weighted by molar-refractivity contribution is 6.08. The Morgan fingerprint density at radius 2 is 1.88 bits per heavy atom. The highest BCUT2D eigenvalue weighted by Crippen LogP contribution is 2.15. The molecule has 0 fully saturated rings. The highest BCUT2D eigenvalue weighted by Gasteiger charge is 2.19. The fourth-order valence-electron chi connectivity index (χ4n) is 1.50. The van der Waals surface area contributed by atoms with Gasteiger partial charge in [-0.2, -0.15) is 0 Å². The molecule has 0 unspecified atom stereocenters. The third-order valence-electron chi connectivity index (χ3n) is 2.47. The molecule has 4 nitrogen and oxygen atoms in total. The maximum atomic E-state index is 11.9. The predicted molar refractivity (Wildman–Crippen MR) is 60.2 cm³/mol. The van der Waals surface area contributed by atoms with Gasteiger partial charge in [0.15, 0.2) is 5.78 Å². The maximum absolute atomic E-state index is 11.9. The minimum Gasteiger partial charge on any atom is -0.396 e. The summed E-state index contributed by atoms with van der Waals surface area (Å²) in [6.45, 7) is 1.67. The second kappa shape index (κ2) is 5.42. The van der Waals surface area contributed by atoms with Crippen LogP contribution in [0.4, 0.5) is 0 Å². The van der Waals surface area contributed by atoms with Crippen molar-refractivity contribution < 1.29 is 14.7 Å². The van der Waals surface area contributed by atoms with E-state index < -0.39 is 5.91 Å². The van der Waals surface area contributed by atoms with E-state index in [2.05, 4.69) is 0 Å². The van der Waals surface area contributed by atoms with Crippen molar-refractivity contribution in [1.29, 1.82) is 0 Å². The summed E-state index contributed by atoms with van der Waals surface area (Å²) in [6, 6.07) is 6.45. The van der Waals surface area contributed by atoms with Crippen LogP contribution in [0.2, 0.25) is 0 Å². The molecule has 1 aromatic carbocycles. The zero-order valence-electron chi connectivity index (χ0n) is 9.14. The molecular formula is C12H15NO3. The highest BCUT2D eigenvalue weighted by atomic mass is 16.3. The number of benzene rings is 1. The first kappa shape index (κ1) is 12.4. The van der Waals surface area contributed by atoms with Crippen LogP contribution in [0, 0.1) is 5.92 Å². The molecule has 4 heteroatoms. The lowest BCUT2D eigenvalue weighted by atomic mass is 9.93. The van der Waals surface area contributed by atoms with Gasteiger partial charge < -0.3 is 10.8 Å². The minimum atomic E-state index is -0.611. The van der Waals surface area contributed by atoms with E-state index in [4.69, 9.17) is 10.8 Å². The van der Waals surface area contributed by atoms with E-state index in [1.807, 2.05) is 0 Å². The number of nitrogens with two attached hydrogens (primary N) is 1. The predicted octanol–water partition coefficient (Wildman–Crippen LogP) is 0.987. The fourth-order valence-corrected chi connectivity index (χ4v) is 1.50. The van der Waals surface area contributed by atoms with Crippen molar-refractivity contribution in [2.45, 2.75) is 13.3 Å². The molecule has 0 aromatic heterocycles. The van der Waals surface area contributed by atoms with E-state index in [-0.39, 0.29) is 23.9 Å². The SMILES string of the molecule is C[C@@H](CCO)C(=O)c1ccccc1C(N)=O. The third kappa shape index (κ3) is 2.67. The van der Waals surface area contributed by atoms with Crippen LogP contribution in [-0.2, 0) is 0 Å². The van der Waals surface area contributed by atoms with Crippen molar-refractivity contribution in [2.75, 3.05) is 6.61 Å². The first-order valence-electron chi connectivity index (χ1n) is 5.11. The lowest BCUT2D eigenvalue weighted by Gasteiger charge is -2.10. The van der Waals surface area contributed by atoms with Gasteiger partial charge in [0.25, 0.3) is 0 Å². The van der Waals surface area contributed by atoms with Gasteiger partial charge in [-0.1, -0.05) is 25.1 Å². The van der Waals surface area contributed by atoms with Crippen molar-refractivity contribution >= 4 is 11.7 Å². The summed E-state index contributed by atoms with van der Waals surface area (Å²) in [4.78, 5) is 23.1. The van der Waals surface area contributed by atoms with Crippen LogP contribution in [-0.4, -0.2) is 23.4 Å². The maximum Gasteiger partial charge on any atom is 0.249 e. The number of rotatable bonds is 5. The number of aliphatic hydroxyl groups excluding tert-OH is 1. The summed E-state index contributed by atoms with van der Waals surface area (Å²) in [5.74, 6) is -1.09. The molecule has 0 spiro atoms. The molecule has 0 saturated carbocycles. The Morgan fingerprint density at radius 1 is 1.31 bits per heavy atom. The summed E-state index contributed by atoms with van der Waals surface area (Å²) < 4.78 is 0. The number of carbonyl (C=O) groups is 2. The van der Waals surface area contributed by atoms with Gasteiger partial charge >= 0.3 is 0 Å². The van der Waals surface area contributed by atoms with Crippen LogP contribution in [0.3, 0.4) is 0 Å². The molecule has 0 aliphatic rings. The van der Waals surface area contributed by atoms with E-state index in [0.717, 1.165) is 0 Å². The number of ketones is 1. The van der Waals surface area contributed by atoms with Crippen molar-refractivity contribution in [3.05, 3.63) is 35.4 Å². The van der Waals surface area contributed by atoms with E-state index in [1.165, 1.54) is 6.07 Å². The standard InChI is InChI=1S/C12H15NO3/c1-8(6-7-14)11(15)9-4-2-3-5-10(9)12(13)16/h2-5,8,14H,6-7H2,1H3,(H2,13,16)/t8-/m0/s1. The van der Waals surface area contributed by atoms with Gasteiger partial charge in [0.2, 0.25) is 5.91 Å². The zero-order chi connectivity index (χ0) is 12.1. The summed E-state index contributed by atoms with van der Waals surface area (Å²) >= 11 is 0. The molecule has 0 saturated heterocycles.